The van der Waals surface area contributed by atoms with Gasteiger partial charge in [0, 0.05) is 6.07 Å². The number of non-ortho nitro benzene ring substituents is 1. The number of carbonyl (C=O) groups excluding carboxylic acids is 1. The molecule has 0 saturated carbocycles. The molecule has 24 heavy (non-hydrogen) atoms. The lowest BCUT2D eigenvalue weighted by Gasteiger charge is -2.23. The van der Waals surface area contributed by atoms with E-state index in [4.69, 9.17) is 4.74 Å². The fourth-order valence-corrected chi connectivity index (χ4v) is 2.52. The smallest absolute Gasteiger partial charge is 0.421 e. The zero-order valence-corrected chi connectivity index (χ0v) is 13.8. The summed E-state index contributed by atoms with van der Waals surface area (Å²) in [7, 11) is -4.65. The molecule has 0 aromatic heterocycles. The second-order valence-corrected chi connectivity index (χ2v) is 6.93. The third-order valence-corrected chi connectivity index (χ3v) is 4.44. The Morgan fingerprint density at radius 1 is 1.25 bits per heavy atom. The van der Waals surface area contributed by atoms with Crippen molar-refractivity contribution in [2.24, 2.45) is 0 Å². The second kappa shape index (κ2) is 6.78. The van der Waals surface area contributed by atoms with Gasteiger partial charge in [-0.1, -0.05) is 6.92 Å². The van der Waals surface area contributed by atoms with Gasteiger partial charge in [0.05, 0.1) is 15.9 Å². The molecule has 1 aromatic carbocycles. The lowest BCUT2D eigenvalue weighted by molar-refractivity contribution is -0.396. The minimum atomic E-state index is -4.65. The number of benzene rings is 1. The molecular weight excluding hydrogens is 346 g/mol. The maximum Gasteiger partial charge on any atom is 0.421 e. The van der Waals surface area contributed by atoms with Gasteiger partial charge in [-0.25, -0.2) is 17.9 Å². The van der Waals surface area contributed by atoms with Crippen molar-refractivity contribution in [3.63, 3.8) is 0 Å². The van der Waals surface area contributed by atoms with E-state index in [2.05, 4.69) is 0 Å². The quantitative estimate of drug-likeness (QED) is 0.595. The van der Waals surface area contributed by atoms with Gasteiger partial charge >= 0.3 is 6.09 Å². The number of nitrogens with one attached hydrogen (secondary N) is 1. The van der Waals surface area contributed by atoms with Crippen LogP contribution in [0.25, 0.3) is 0 Å². The van der Waals surface area contributed by atoms with Gasteiger partial charge in [-0.2, -0.15) is 0 Å². The summed E-state index contributed by atoms with van der Waals surface area (Å²) in [5.41, 5.74) is -2.63. The Morgan fingerprint density at radius 2 is 1.83 bits per heavy atom. The Morgan fingerprint density at radius 3 is 2.29 bits per heavy atom. The van der Waals surface area contributed by atoms with E-state index in [1.54, 1.807) is 25.5 Å². The standard InChI is InChI=1S/C12H15N3O8S/c1-4-12(2,3)23-11(16)13-24(21,22)10-6-5-8(14(17)18)7-9(10)15(19)20/h5-7H,4H2,1-3H3,(H,13,16). The van der Waals surface area contributed by atoms with Crippen molar-refractivity contribution in [3.8, 4) is 0 Å². The van der Waals surface area contributed by atoms with Gasteiger partial charge in [0.25, 0.3) is 21.4 Å². The lowest BCUT2D eigenvalue weighted by Crippen LogP contribution is -2.37. The van der Waals surface area contributed by atoms with E-state index >= 15 is 0 Å². The van der Waals surface area contributed by atoms with Crippen LogP contribution in [0.5, 0.6) is 0 Å². The number of hydrogen-bond donors (Lipinski definition) is 1. The summed E-state index contributed by atoms with van der Waals surface area (Å²) in [6.07, 6.45) is -0.910. The zero-order valence-electron chi connectivity index (χ0n) is 13.0. The van der Waals surface area contributed by atoms with Crippen LogP contribution in [0.2, 0.25) is 0 Å². The molecule has 0 radical (unpaired) electrons. The maximum atomic E-state index is 12.1. The van der Waals surface area contributed by atoms with Crippen LogP contribution in [0.15, 0.2) is 23.1 Å². The van der Waals surface area contributed by atoms with Crippen LogP contribution >= 0.6 is 0 Å². The van der Waals surface area contributed by atoms with Crippen molar-refractivity contribution in [1.82, 2.24) is 4.72 Å². The number of hydrogen-bond acceptors (Lipinski definition) is 8. The number of carbonyl (C=O) groups is 1. The fourth-order valence-electron chi connectivity index (χ4n) is 1.50. The van der Waals surface area contributed by atoms with Gasteiger partial charge in [0.2, 0.25) is 0 Å². The summed E-state index contributed by atoms with van der Waals surface area (Å²) >= 11 is 0. The normalized spacial score (nSPS) is 11.6. The highest BCUT2D eigenvalue weighted by Gasteiger charge is 2.31. The van der Waals surface area contributed by atoms with Crippen LogP contribution in [0.3, 0.4) is 0 Å². The van der Waals surface area contributed by atoms with Gasteiger partial charge in [0.1, 0.15) is 5.60 Å². The molecule has 0 spiro atoms. The highest BCUT2D eigenvalue weighted by atomic mass is 32.2. The third kappa shape index (κ3) is 4.62. The van der Waals surface area contributed by atoms with E-state index in [1.807, 2.05) is 0 Å². The monoisotopic (exact) mass is 361 g/mol. The lowest BCUT2D eigenvalue weighted by atomic mass is 10.1. The molecule has 11 nitrogen and oxygen atoms in total. The number of rotatable bonds is 6. The third-order valence-electron chi connectivity index (χ3n) is 3.08. The molecule has 0 unspecified atom stereocenters. The number of amides is 1. The molecule has 0 bridgehead atoms. The van der Waals surface area contributed by atoms with E-state index in [-0.39, 0.29) is 0 Å². The summed E-state index contributed by atoms with van der Waals surface area (Å²) in [6, 6.07) is 1.95. The van der Waals surface area contributed by atoms with E-state index in [0.717, 1.165) is 6.07 Å². The molecule has 0 aliphatic heterocycles. The molecule has 1 rings (SSSR count). The molecule has 132 valence electrons. The fraction of sp³-hybridized carbons (Fsp3) is 0.417. The Kier molecular flexibility index (Phi) is 5.45. The number of nitrogens with zero attached hydrogens (tertiary/aromatic N) is 2. The number of ether oxygens (including phenoxy) is 1. The van der Waals surface area contributed by atoms with Crippen LogP contribution < -0.4 is 4.72 Å². The van der Waals surface area contributed by atoms with Crippen molar-refractivity contribution in [2.45, 2.75) is 37.7 Å². The molecule has 0 heterocycles. The molecule has 0 fully saturated rings. The first kappa shape index (κ1) is 19.3. The Labute approximate surface area is 137 Å². The molecule has 0 saturated heterocycles. The average molecular weight is 361 g/mol. The highest BCUT2D eigenvalue weighted by molar-refractivity contribution is 7.90. The summed E-state index contributed by atoms with van der Waals surface area (Å²) in [4.78, 5) is 30.4. The van der Waals surface area contributed by atoms with Crippen LogP contribution in [0.1, 0.15) is 27.2 Å². The van der Waals surface area contributed by atoms with Crippen molar-refractivity contribution < 1.29 is 27.8 Å². The minimum Gasteiger partial charge on any atom is -0.443 e. The van der Waals surface area contributed by atoms with Crippen molar-refractivity contribution >= 4 is 27.5 Å². The van der Waals surface area contributed by atoms with Crippen LogP contribution in [0, 0.1) is 20.2 Å². The molecular formula is C12H15N3O8S. The molecule has 1 aromatic rings. The number of sulfonamides is 1. The first-order valence-electron chi connectivity index (χ1n) is 6.58. The van der Waals surface area contributed by atoms with Gasteiger partial charge in [-0.15, -0.1) is 0 Å². The molecule has 1 N–H and O–H groups in total. The summed E-state index contributed by atoms with van der Waals surface area (Å²) in [5, 5.41) is 21.6. The van der Waals surface area contributed by atoms with Crippen LogP contribution in [-0.2, 0) is 14.8 Å². The molecule has 1 amide bonds. The minimum absolute atomic E-state index is 0.401. The van der Waals surface area contributed by atoms with Crippen molar-refractivity contribution in [1.29, 1.82) is 0 Å². The first-order chi connectivity index (χ1) is 10.9. The summed E-state index contributed by atoms with van der Waals surface area (Å²) in [5.74, 6) is 0. The van der Waals surface area contributed by atoms with E-state index in [1.165, 1.54) is 0 Å². The first-order valence-corrected chi connectivity index (χ1v) is 8.06. The zero-order chi connectivity index (χ0) is 18.7. The maximum absolute atomic E-state index is 12.1. The van der Waals surface area contributed by atoms with Gasteiger partial charge in [-0.05, 0) is 26.3 Å². The van der Waals surface area contributed by atoms with E-state index < -0.39 is 47.8 Å². The largest absolute Gasteiger partial charge is 0.443 e. The van der Waals surface area contributed by atoms with Gasteiger partial charge in [0.15, 0.2) is 4.90 Å². The molecule has 12 heteroatoms. The second-order valence-electron chi connectivity index (χ2n) is 5.27. The van der Waals surface area contributed by atoms with Crippen molar-refractivity contribution in [3.05, 3.63) is 38.4 Å². The molecule has 0 aliphatic carbocycles. The van der Waals surface area contributed by atoms with Crippen molar-refractivity contribution in [2.75, 3.05) is 0 Å². The topological polar surface area (TPSA) is 159 Å². The summed E-state index contributed by atoms with van der Waals surface area (Å²) in [6.45, 7) is 4.81. The number of nitro groups is 2. The Balaban J connectivity index is 3.21. The van der Waals surface area contributed by atoms with Gasteiger partial charge in [-0.3, -0.25) is 20.2 Å². The SMILES string of the molecule is CCC(C)(C)OC(=O)NS(=O)(=O)c1ccc([N+](=O)[O-])cc1[N+](=O)[O-]. The van der Waals surface area contributed by atoms with Gasteiger partial charge < -0.3 is 4.74 Å². The van der Waals surface area contributed by atoms with Crippen LogP contribution in [-0.4, -0.2) is 30.0 Å². The Hall–Kier alpha value is -2.76. The highest BCUT2D eigenvalue weighted by Crippen LogP contribution is 2.28. The molecule has 0 aliphatic rings. The number of nitro benzene ring substituents is 2. The van der Waals surface area contributed by atoms with E-state index in [9.17, 15) is 33.4 Å². The Bertz CT molecular complexity index is 787. The van der Waals surface area contributed by atoms with Crippen LogP contribution in [0.4, 0.5) is 16.2 Å². The average Bonchev–Trinajstić information content (AvgIpc) is 2.45. The van der Waals surface area contributed by atoms with E-state index in [0.29, 0.717) is 18.6 Å². The summed E-state index contributed by atoms with van der Waals surface area (Å²) < 4.78 is 30.7. The predicted molar refractivity (Wildman–Crippen MR) is 80.9 cm³/mol. The predicted octanol–water partition coefficient (Wildman–Crippen LogP) is 2.11. The molecule has 0 atom stereocenters.